The summed E-state index contributed by atoms with van der Waals surface area (Å²) in [4.78, 5) is 0.791. The van der Waals surface area contributed by atoms with Crippen LogP contribution in [0.25, 0.3) is 0 Å². The summed E-state index contributed by atoms with van der Waals surface area (Å²) in [7, 11) is 1.74. The molecule has 1 aromatic heterocycles. The molecule has 3 N–H and O–H groups in total. The minimum absolute atomic E-state index is 0.0369. The normalized spacial score (nSPS) is 10.5. The first-order chi connectivity index (χ1) is 8.08. The molecular weight excluding hydrogens is 260 g/mol. The standard InChI is InChI=1S/C9H9ClN6S/c1-16-9(13-14-15-16)17-7-3-2-5(10)4-6(7)8(11)12/h2-4H,1H3,(H3,11,12). The van der Waals surface area contributed by atoms with E-state index in [2.05, 4.69) is 15.5 Å². The molecule has 0 saturated carbocycles. The molecule has 0 saturated heterocycles. The number of halogens is 1. The summed E-state index contributed by atoms with van der Waals surface area (Å²) in [5.41, 5.74) is 6.08. The summed E-state index contributed by atoms with van der Waals surface area (Å²) in [6.07, 6.45) is 0. The van der Waals surface area contributed by atoms with E-state index in [0.717, 1.165) is 4.90 Å². The van der Waals surface area contributed by atoms with Gasteiger partial charge in [0, 0.05) is 22.5 Å². The number of aryl methyl sites for hydroxylation is 1. The van der Waals surface area contributed by atoms with Crippen LogP contribution in [0.3, 0.4) is 0 Å². The molecule has 0 aliphatic rings. The third-order valence-electron chi connectivity index (χ3n) is 2.01. The summed E-state index contributed by atoms with van der Waals surface area (Å²) < 4.78 is 1.54. The van der Waals surface area contributed by atoms with Crippen LogP contribution in [-0.4, -0.2) is 26.0 Å². The largest absolute Gasteiger partial charge is 0.384 e. The molecule has 2 aromatic rings. The summed E-state index contributed by atoms with van der Waals surface area (Å²) in [6, 6.07) is 5.18. The third kappa shape index (κ3) is 2.56. The lowest BCUT2D eigenvalue weighted by molar-refractivity contribution is 0.664. The van der Waals surface area contributed by atoms with Gasteiger partial charge >= 0.3 is 0 Å². The van der Waals surface area contributed by atoms with Crippen LogP contribution in [0.15, 0.2) is 28.3 Å². The van der Waals surface area contributed by atoms with Crippen molar-refractivity contribution in [3.05, 3.63) is 28.8 Å². The SMILES string of the molecule is Cn1nnnc1Sc1ccc(Cl)cc1C(=N)N. The predicted molar refractivity (Wildman–Crippen MR) is 65.4 cm³/mol. The van der Waals surface area contributed by atoms with Gasteiger partial charge in [-0.15, -0.1) is 5.10 Å². The van der Waals surface area contributed by atoms with E-state index in [-0.39, 0.29) is 5.84 Å². The van der Waals surface area contributed by atoms with Crippen molar-refractivity contribution < 1.29 is 0 Å². The lowest BCUT2D eigenvalue weighted by Gasteiger charge is -2.06. The minimum Gasteiger partial charge on any atom is -0.384 e. The van der Waals surface area contributed by atoms with E-state index in [0.29, 0.717) is 15.7 Å². The number of rotatable bonds is 3. The Hall–Kier alpha value is -1.60. The topological polar surface area (TPSA) is 93.5 Å². The van der Waals surface area contributed by atoms with Crippen molar-refractivity contribution in [2.75, 3.05) is 0 Å². The van der Waals surface area contributed by atoms with Gasteiger partial charge in [0.05, 0.1) is 0 Å². The second-order valence-corrected chi connectivity index (χ2v) is 4.69. The van der Waals surface area contributed by atoms with Crippen LogP contribution in [0, 0.1) is 5.41 Å². The van der Waals surface area contributed by atoms with Gasteiger partial charge in [0.15, 0.2) is 0 Å². The molecule has 0 radical (unpaired) electrons. The van der Waals surface area contributed by atoms with Crippen molar-refractivity contribution in [3.63, 3.8) is 0 Å². The third-order valence-corrected chi connectivity index (χ3v) is 3.35. The average Bonchev–Trinajstić information content (AvgIpc) is 2.67. The summed E-state index contributed by atoms with van der Waals surface area (Å²) >= 11 is 7.20. The zero-order valence-electron chi connectivity index (χ0n) is 8.88. The molecule has 88 valence electrons. The number of benzene rings is 1. The molecule has 6 nitrogen and oxygen atoms in total. The fraction of sp³-hybridized carbons (Fsp3) is 0.111. The Morgan fingerprint density at radius 1 is 1.53 bits per heavy atom. The van der Waals surface area contributed by atoms with Gasteiger partial charge in [-0.25, -0.2) is 4.68 Å². The molecule has 0 bridgehead atoms. The van der Waals surface area contributed by atoms with Gasteiger partial charge in [-0.05, 0) is 40.4 Å². The highest BCUT2D eigenvalue weighted by atomic mass is 35.5. The van der Waals surface area contributed by atoms with E-state index in [1.165, 1.54) is 11.8 Å². The van der Waals surface area contributed by atoms with Crippen LogP contribution in [0.5, 0.6) is 0 Å². The Kier molecular flexibility index (Phi) is 3.30. The first-order valence-corrected chi connectivity index (χ1v) is 5.81. The molecule has 8 heteroatoms. The molecule has 0 atom stereocenters. The zero-order chi connectivity index (χ0) is 12.4. The average molecular weight is 269 g/mol. The van der Waals surface area contributed by atoms with Gasteiger partial charge in [0.1, 0.15) is 5.84 Å². The van der Waals surface area contributed by atoms with Gasteiger partial charge in [0.25, 0.3) is 0 Å². The lowest BCUT2D eigenvalue weighted by Crippen LogP contribution is -2.12. The number of amidine groups is 1. The number of nitrogen functional groups attached to an aromatic ring is 1. The number of hydrogen-bond donors (Lipinski definition) is 2. The highest BCUT2D eigenvalue weighted by Gasteiger charge is 2.11. The number of aromatic nitrogens is 4. The Morgan fingerprint density at radius 3 is 2.88 bits per heavy atom. The second-order valence-electron chi connectivity index (χ2n) is 3.24. The number of nitrogens with zero attached hydrogens (tertiary/aromatic N) is 4. The molecule has 0 spiro atoms. The molecule has 1 aromatic carbocycles. The van der Waals surface area contributed by atoms with Crippen molar-refractivity contribution >= 4 is 29.2 Å². The maximum absolute atomic E-state index is 7.50. The summed E-state index contributed by atoms with van der Waals surface area (Å²) in [5, 5.41) is 19.8. The number of hydrogen-bond acceptors (Lipinski definition) is 5. The molecule has 0 fully saturated rings. The number of nitrogens with two attached hydrogens (primary N) is 1. The maximum atomic E-state index is 7.50. The molecule has 1 heterocycles. The highest BCUT2D eigenvalue weighted by molar-refractivity contribution is 7.99. The van der Waals surface area contributed by atoms with Gasteiger partial charge in [-0.3, -0.25) is 5.41 Å². The van der Waals surface area contributed by atoms with E-state index < -0.39 is 0 Å². The number of nitrogens with one attached hydrogen (secondary N) is 1. The Bertz CT molecular complexity index is 566. The fourth-order valence-electron chi connectivity index (χ4n) is 1.21. The van der Waals surface area contributed by atoms with Gasteiger partial charge < -0.3 is 5.73 Å². The molecule has 0 amide bonds. The highest BCUT2D eigenvalue weighted by Crippen LogP contribution is 2.29. The smallest absolute Gasteiger partial charge is 0.213 e. The van der Waals surface area contributed by atoms with Crippen LogP contribution in [-0.2, 0) is 7.05 Å². The fourth-order valence-corrected chi connectivity index (χ4v) is 2.24. The summed E-state index contributed by atoms with van der Waals surface area (Å²) in [5.74, 6) is -0.0369. The molecular formula is C9H9ClN6S. The Morgan fingerprint density at radius 2 is 2.29 bits per heavy atom. The lowest BCUT2D eigenvalue weighted by atomic mass is 10.2. The van der Waals surface area contributed by atoms with Crippen LogP contribution in [0.2, 0.25) is 5.02 Å². The summed E-state index contributed by atoms with van der Waals surface area (Å²) in [6.45, 7) is 0. The van der Waals surface area contributed by atoms with Gasteiger partial charge in [0.2, 0.25) is 5.16 Å². The van der Waals surface area contributed by atoms with Crippen LogP contribution in [0.1, 0.15) is 5.56 Å². The van der Waals surface area contributed by atoms with Gasteiger partial charge in [-0.1, -0.05) is 11.6 Å². The van der Waals surface area contributed by atoms with E-state index in [1.807, 2.05) is 0 Å². The van der Waals surface area contributed by atoms with Crippen LogP contribution < -0.4 is 5.73 Å². The van der Waals surface area contributed by atoms with E-state index in [9.17, 15) is 0 Å². The number of tetrazole rings is 1. The van der Waals surface area contributed by atoms with Crippen molar-refractivity contribution in [1.29, 1.82) is 5.41 Å². The molecule has 0 aliphatic carbocycles. The Labute approximate surface area is 107 Å². The van der Waals surface area contributed by atoms with E-state index in [1.54, 1.807) is 29.9 Å². The predicted octanol–water partition coefficient (Wildman–Crippen LogP) is 1.30. The monoisotopic (exact) mass is 268 g/mol. The molecule has 2 rings (SSSR count). The molecule has 17 heavy (non-hydrogen) atoms. The van der Waals surface area contributed by atoms with Crippen molar-refractivity contribution in [2.45, 2.75) is 10.1 Å². The van der Waals surface area contributed by atoms with E-state index in [4.69, 9.17) is 22.7 Å². The van der Waals surface area contributed by atoms with Gasteiger partial charge in [-0.2, -0.15) is 0 Å². The van der Waals surface area contributed by atoms with Crippen molar-refractivity contribution in [1.82, 2.24) is 20.2 Å². The van der Waals surface area contributed by atoms with E-state index >= 15 is 0 Å². The van der Waals surface area contributed by atoms with Crippen molar-refractivity contribution in [3.8, 4) is 0 Å². The van der Waals surface area contributed by atoms with Crippen molar-refractivity contribution in [2.24, 2.45) is 12.8 Å². The molecule has 0 unspecified atom stereocenters. The first-order valence-electron chi connectivity index (χ1n) is 4.62. The maximum Gasteiger partial charge on any atom is 0.213 e. The van der Waals surface area contributed by atoms with Crippen LogP contribution >= 0.6 is 23.4 Å². The second kappa shape index (κ2) is 4.72. The first kappa shape index (κ1) is 11.9. The minimum atomic E-state index is -0.0369. The zero-order valence-corrected chi connectivity index (χ0v) is 10.5. The van der Waals surface area contributed by atoms with Crippen LogP contribution in [0.4, 0.5) is 0 Å². The molecule has 0 aliphatic heterocycles. The Balaban J connectivity index is 2.39. The quantitative estimate of drug-likeness (QED) is 0.646.